The highest BCUT2D eigenvalue weighted by Gasteiger charge is 2.28. The normalized spacial score (nSPS) is 17.5. The Morgan fingerprint density at radius 1 is 1.25 bits per heavy atom. The molecule has 3 nitrogen and oxygen atoms in total. The molecule has 1 aliphatic heterocycles. The molecule has 0 saturated carbocycles. The Kier molecular flexibility index (Phi) is 4.88. The van der Waals surface area contributed by atoms with Crippen molar-refractivity contribution in [1.29, 1.82) is 0 Å². The number of halogens is 2. The van der Waals surface area contributed by atoms with Crippen LogP contribution in [-0.4, -0.2) is 48.9 Å². The van der Waals surface area contributed by atoms with Gasteiger partial charge in [-0.3, -0.25) is 4.79 Å². The molecule has 0 bridgehead atoms. The van der Waals surface area contributed by atoms with Gasteiger partial charge in [0.05, 0.1) is 5.02 Å². The van der Waals surface area contributed by atoms with Gasteiger partial charge in [-0.15, -0.1) is 0 Å². The molecule has 5 heteroatoms. The number of nitrogens with zero attached hydrogens (tertiary/aromatic N) is 2. The Bertz CT molecular complexity index is 763. The zero-order valence-electron chi connectivity index (χ0n) is 13.8. The van der Waals surface area contributed by atoms with Gasteiger partial charge in [-0.25, -0.2) is 4.39 Å². The number of rotatable bonds is 3. The molecule has 1 unspecified atom stereocenters. The Hall–Kier alpha value is -1.91. The molecule has 0 aromatic heterocycles. The number of carbonyl (C=O) groups excluding carboxylic acids is 1. The van der Waals surface area contributed by atoms with E-state index in [2.05, 4.69) is 4.90 Å². The molecule has 0 spiro atoms. The van der Waals surface area contributed by atoms with Gasteiger partial charge in [0.2, 0.25) is 0 Å². The van der Waals surface area contributed by atoms with E-state index in [0.29, 0.717) is 16.6 Å². The van der Waals surface area contributed by atoms with Gasteiger partial charge in [-0.05, 0) is 56.4 Å². The van der Waals surface area contributed by atoms with E-state index in [-0.39, 0.29) is 11.7 Å². The average molecular weight is 347 g/mol. The largest absolute Gasteiger partial charge is 0.337 e. The molecular weight excluding hydrogens is 327 g/mol. The van der Waals surface area contributed by atoms with E-state index >= 15 is 0 Å². The van der Waals surface area contributed by atoms with Gasteiger partial charge >= 0.3 is 0 Å². The minimum Gasteiger partial charge on any atom is -0.337 e. The van der Waals surface area contributed by atoms with Crippen molar-refractivity contribution in [3.63, 3.8) is 0 Å². The predicted molar refractivity (Wildman–Crippen MR) is 94.8 cm³/mol. The Morgan fingerprint density at radius 2 is 2.04 bits per heavy atom. The minimum atomic E-state index is -0.372. The predicted octanol–water partition coefficient (Wildman–Crippen LogP) is 3.92. The third-order valence-corrected chi connectivity index (χ3v) is 4.85. The summed E-state index contributed by atoms with van der Waals surface area (Å²) in [5.41, 5.74) is 2.17. The maximum Gasteiger partial charge on any atom is 0.253 e. The quantitative estimate of drug-likeness (QED) is 0.841. The smallest absolute Gasteiger partial charge is 0.253 e. The van der Waals surface area contributed by atoms with Crippen molar-refractivity contribution in [2.75, 3.05) is 27.2 Å². The second-order valence-corrected chi connectivity index (χ2v) is 6.77. The van der Waals surface area contributed by atoms with Crippen LogP contribution in [-0.2, 0) is 0 Å². The molecule has 2 aromatic carbocycles. The molecular formula is C19H20ClFN2O. The van der Waals surface area contributed by atoms with Crippen molar-refractivity contribution in [2.45, 2.75) is 12.5 Å². The van der Waals surface area contributed by atoms with Gasteiger partial charge in [0.1, 0.15) is 5.82 Å². The highest BCUT2D eigenvalue weighted by atomic mass is 35.5. The van der Waals surface area contributed by atoms with E-state index in [0.717, 1.165) is 30.6 Å². The third kappa shape index (κ3) is 3.45. The van der Waals surface area contributed by atoms with E-state index < -0.39 is 0 Å². The highest BCUT2D eigenvalue weighted by Crippen LogP contribution is 2.29. The third-order valence-electron chi connectivity index (χ3n) is 4.53. The van der Waals surface area contributed by atoms with Crippen molar-refractivity contribution in [1.82, 2.24) is 9.80 Å². The van der Waals surface area contributed by atoms with Crippen molar-refractivity contribution in [2.24, 2.45) is 0 Å². The molecule has 0 aliphatic carbocycles. The number of hydrogen-bond acceptors (Lipinski definition) is 2. The number of likely N-dealkylation sites (N-methyl/N-ethyl adjacent to an activating group) is 1. The van der Waals surface area contributed by atoms with Crippen LogP contribution in [0.1, 0.15) is 16.8 Å². The maximum atomic E-state index is 13.2. The van der Waals surface area contributed by atoms with E-state index in [1.165, 1.54) is 12.1 Å². The molecule has 24 heavy (non-hydrogen) atoms. The zero-order chi connectivity index (χ0) is 17.3. The van der Waals surface area contributed by atoms with Crippen LogP contribution in [0.5, 0.6) is 0 Å². The number of amides is 1. The van der Waals surface area contributed by atoms with Gasteiger partial charge in [-0.2, -0.15) is 0 Å². The maximum absolute atomic E-state index is 13.2. The standard InChI is InChI=1S/C19H20ClFN2O/c1-22(2)16-8-9-23(12-16)19(24)14-5-3-4-13(10-14)17-7-6-15(21)11-18(17)20/h3-7,10-11,16H,8-9,12H2,1-2H3. The highest BCUT2D eigenvalue weighted by molar-refractivity contribution is 6.33. The molecule has 1 aliphatic rings. The molecule has 1 amide bonds. The van der Waals surface area contributed by atoms with E-state index in [1.807, 2.05) is 43.3 Å². The van der Waals surface area contributed by atoms with Crippen LogP contribution in [0.15, 0.2) is 42.5 Å². The van der Waals surface area contributed by atoms with Crippen molar-refractivity contribution in [3.05, 3.63) is 58.9 Å². The lowest BCUT2D eigenvalue weighted by Gasteiger charge is -2.20. The second kappa shape index (κ2) is 6.91. The summed E-state index contributed by atoms with van der Waals surface area (Å²) in [5, 5.41) is 0.341. The lowest BCUT2D eigenvalue weighted by Crippen LogP contribution is -2.34. The number of carbonyl (C=O) groups is 1. The summed E-state index contributed by atoms with van der Waals surface area (Å²) in [6.07, 6.45) is 0.988. The van der Waals surface area contributed by atoms with E-state index in [9.17, 15) is 9.18 Å². The van der Waals surface area contributed by atoms with E-state index in [1.54, 1.807) is 6.07 Å². The monoisotopic (exact) mass is 346 g/mol. The lowest BCUT2D eigenvalue weighted by molar-refractivity contribution is 0.0783. The van der Waals surface area contributed by atoms with Gasteiger partial charge in [0, 0.05) is 30.3 Å². The van der Waals surface area contributed by atoms with Crippen LogP contribution >= 0.6 is 11.6 Å². The fourth-order valence-corrected chi connectivity index (χ4v) is 3.35. The Labute approximate surface area is 146 Å². The SMILES string of the molecule is CN(C)C1CCN(C(=O)c2cccc(-c3ccc(F)cc3Cl)c2)C1. The number of hydrogen-bond donors (Lipinski definition) is 0. The summed E-state index contributed by atoms with van der Waals surface area (Å²) in [7, 11) is 4.07. The van der Waals surface area contributed by atoms with Crippen LogP contribution in [0, 0.1) is 5.82 Å². The summed E-state index contributed by atoms with van der Waals surface area (Å²) in [4.78, 5) is 16.8. The first-order valence-corrected chi connectivity index (χ1v) is 8.34. The van der Waals surface area contributed by atoms with E-state index in [4.69, 9.17) is 11.6 Å². The molecule has 1 saturated heterocycles. The second-order valence-electron chi connectivity index (χ2n) is 6.36. The summed E-state index contributed by atoms with van der Waals surface area (Å²) in [6, 6.07) is 12.1. The summed E-state index contributed by atoms with van der Waals surface area (Å²) < 4.78 is 13.2. The number of benzene rings is 2. The summed E-state index contributed by atoms with van der Waals surface area (Å²) in [6.45, 7) is 1.51. The first kappa shape index (κ1) is 16.9. The zero-order valence-corrected chi connectivity index (χ0v) is 14.6. The van der Waals surface area contributed by atoms with Crippen LogP contribution in [0.25, 0.3) is 11.1 Å². The van der Waals surface area contributed by atoms with Crippen LogP contribution < -0.4 is 0 Å². The molecule has 2 aromatic rings. The van der Waals surface area contributed by atoms with Crippen molar-refractivity contribution >= 4 is 17.5 Å². The van der Waals surface area contributed by atoms with Crippen LogP contribution in [0.3, 0.4) is 0 Å². The molecule has 1 heterocycles. The first-order chi connectivity index (χ1) is 11.5. The molecule has 0 radical (unpaired) electrons. The summed E-state index contributed by atoms with van der Waals surface area (Å²) >= 11 is 6.14. The fraction of sp³-hybridized carbons (Fsp3) is 0.316. The molecule has 3 rings (SSSR count). The Balaban J connectivity index is 1.84. The van der Waals surface area contributed by atoms with Crippen LogP contribution in [0.2, 0.25) is 5.02 Å². The average Bonchev–Trinajstić information content (AvgIpc) is 3.04. The lowest BCUT2D eigenvalue weighted by atomic mass is 10.0. The molecule has 126 valence electrons. The van der Waals surface area contributed by atoms with Gasteiger partial charge < -0.3 is 9.80 Å². The first-order valence-electron chi connectivity index (χ1n) is 7.97. The minimum absolute atomic E-state index is 0.0273. The fourth-order valence-electron chi connectivity index (χ4n) is 3.07. The van der Waals surface area contributed by atoms with Gasteiger partial charge in [-0.1, -0.05) is 23.7 Å². The van der Waals surface area contributed by atoms with Crippen LogP contribution in [0.4, 0.5) is 4.39 Å². The number of likely N-dealkylation sites (tertiary alicyclic amines) is 1. The van der Waals surface area contributed by atoms with Gasteiger partial charge in [0.15, 0.2) is 0 Å². The molecule has 0 N–H and O–H groups in total. The molecule has 1 fully saturated rings. The topological polar surface area (TPSA) is 23.6 Å². The molecule has 1 atom stereocenters. The van der Waals surface area contributed by atoms with Crippen molar-refractivity contribution in [3.8, 4) is 11.1 Å². The van der Waals surface area contributed by atoms with Crippen molar-refractivity contribution < 1.29 is 9.18 Å². The Morgan fingerprint density at radius 3 is 2.71 bits per heavy atom. The van der Waals surface area contributed by atoms with Gasteiger partial charge in [0.25, 0.3) is 5.91 Å². The summed E-state index contributed by atoms with van der Waals surface area (Å²) in [5.74, 6) is -0.345.